The Morgan fingerprint density at radius 1 is 1.06 bits per heavy atom. The molecule has 0 aliphatic heterocycles. The second kappa shape index (κ2) is 11.8. The molecule has 0 fully saturated rings. The second-order valence-electron chi connectivity index (χ2n) is 10.4. The van der Waals surface area contributed by atoms with Gasteiger partial charge in [0.05, 0.1) is 0 Å². The maximum absolute atomic E-state index is 13.7. The number of nitrogens with one attached hydrogen (secondary N) is 2. The fourth-order valence-corrected chi connectivity index (χ4v) is 3.82. The Labute approximate surface area is 204 Å². The smallest absolute Gasteiger partial charge is 0.408 e. The second-order valence-corrected chi connectivity index (χ2v) is 10.7. The predicted molar refractivity (Wildman–Crippen MR) is 136 cm³/mol. The van der Waals surface area contributed by atoms with E-state index in [0.717, 1.165) is 16.7 Å². The van der Waals surface area contributed by atoms with E-state index in [2.05, 4.69) is 23.3 Å². The zero-order valence-corrected chi connectivity index (χ0v) is 22.4. The monoisotopic (exact) mass is 479 g/mol. The zero-order valence-electron chi connectivity index (χ0n) is 21.5. The number of carbonyl (C=O) groups is 3. The SMILES string of the molecule is CCCN(C(=O)C(CS)NC(=O)OC(C)(C)C)C(C(=O)NC(C)(C)C)c1c(C)cccc1C. The Hall–Kier alpha value is -2.22. The van der Waals surface area contributed by atoms with E-state index in [-0.39, 0.29) is 17.6 Å². The number of alkyl carbamates (subject to hydrolysis) is 1. The lowest BCUT2D eigenvalue weighted by Crippen LogP contribution is -2.55. The molecule has 0 radical (unpaired) electrons. The van der Waals surface area contributed by atoms with Crippen LogP contribution in [0.3, 0.4) is 0 Å². The molecule has 0 bridgehead atoms. The van der Waals surface area contributed by atoms with Crippen LogP contribution in [0.15, 0.2) is 18.2 Å². The summed E-state index contributed by atoms with van der Waals surface area (Å²) in [4.78, 5) is 41.2. The first-order valence-corrected chi connectivity index (χ1v) is 12.0. The van der Waals surface area contributed by atoms with Gasteiger partial charge >= 0.3 is 6.09 Å². The number of rotatable bonds is 8. The summed E-state index contributed by atoms with van der Waals surface area (Å²) in [6, 6.07) is 4.01. The maximum Gasteiger partial charge on any atom is 0.408 e. The molecular weight excluding hydrogens is 438 g/mol. The van der Waals surface area contributed by atoms with Crippen molar-refractivity contribution in [3.63, 3.8) is 0 Å². The summed E-state index contributed by atoms with van der Waals surface area (Å²) >= 11 is 4.30. The lowest BCUT2D eigenvalue weighted by Gasteiger charge is -2.36. The van der Waals surface area contributed by atoms with E-state index in [1.54, 1.807) is 25.7 Å². The van der Waals surface area contributed by atoms with Crippen LogP contribution in [-0.2, 0) is 14.3 Å². The number of thiol groups is 1. The number of hydrogen-bond donors (Lipinski definition) is 3. The number of benzene rings is 1. The molecule has 0 heterocycles. The van der Waals surface area contributed by atoms with E-state index in [4.69, 9.17) is 4.74 Å². The molecule has 0 saturated carbocycles. The van der Waals surface area contributed by atoms with Crippen LogP contribution in [0.25, 0.3) is 0 Å². The van der Waals surface area contributed by atoms with Crippen LogP contribution in [0.2, 0.25) is 0 Å². The Kier molecular flexibility index (Phi) is 10.3. The summed E-state index contributed by atoms with van der Waals surface area (Å²) in [5, 5.41) is 5.65. The number of carbonyl (C=O) groups excluding carboxylic acids is 3. The van der Waals surface area contributed by atoms with Crippen molar-refractivity contribution in [2.75, 3.05) is 12.3 Å². The molecule has 186 valence electrons. The molecule has 33 heavy (non-hydrogen) atoms. The summed E-state index contributed by atoms with van der Waals surface area (Å²) in [7, 11) is 0. The van der Waals surface area contributed by atoms with Crippen molar-refractivity contribution in [3.05, 3.63) is 34.9 Å². The van der Waals surface area contributed by atoms with Crippen LogP contribution in [0.5, 0.6) is 0 Å². The van der Waals surface area contributed by atoms with Gasteiger partial charge in [0, 0.05) is 17.8 Å². The molecule has 2 atom stereocenters. The molecule has 7 nitrogen and oxygen atoms in total. The quantitative estimate of drug-likeness (QED) is 0.485. The minimum Gasteiger partial charge on any atom is -0.444 e. The molecule has 2 unspecified atom stereocenters. The Balaban J connectivity index is 3.47. The lowest BCUT2D eigenvalue weighted by atomic mass is 9.93. The third-order valence-electron chi connectivity index (χ3n) is 4.79. The molecule has 1 aromatic carbocycles. The third kappa shape index (κ3) is 8.91. The molecule has 1 rings (SSSR count). The average Bonchev–Trinajstić information content (AvgIpc) is 2.64. The minimum absolute atomic E-state index is 0.0681. The van der Waals surface area contributed by atoms with Crippen molar-refractivity contribution in [3.8, 4) is 0 Å². The molecular formula is C25H41N3O4S. The highest BCUT2D eigenvalue weighted by Crippen LogP contribution is 2.29. The average molecular weight is 480 g/mol. The number of nitrogens with zero attached hydrogens (tertiary/aromatic N) is 1. The molecule has 0 aliphatic rings. The Bertz CT molecular complexity index is 823. The first-order chi connectivity index (χ1) is 15.1. The van der Waals surface area contributed by atoms with E-state index in [9.17, 15) is 14.4 Å². The molecule has 0 aliphatic carbocycles. The summed E-state index contributed by atoms with van der Waals surface area (Å²) < 4.78 is 5.32. The summed E-state index contributed by atoms with van der Waals surface area (Å²) in [6.45, 7) is 17.1. The van der Waals surface area contributed by atoms with E-state index in [0.29, 0.717) is 13.0 Å². The molecule has 8 heteroatoms. The van der Waals surface area contributed by atoms with Gasteiger partial charge in [0.25, 0.3) is 0 Å². The van der Waals surface area contributed by atoms with Crippen LogP contribution >= 0.6 is 12.6 Å². The highest BCUT2D eigenvalue weighted by Gasteiger charge is 2.37. The van der Waals surface area contributed by atoms with Crippen molar-refractivity contribution in [2.45, 2.75) is 92.0 Å². The van der Waals surface area contributed by atoms with Crippen LogP contribution in [0.4, 0.5) is 4.79 Å². The van der Waals surface area contributed by atoms with Crippen LogP contribution in [0.1, 0.15) is 77.6 Å². The first kappa shape index (κ1) is 28.8. The minimum atomic E-state index is -0.941. The Morgan fingerprint density at radius 2 is 1.61 bits per heavy atom. The predicted octanol–water partition coefficient (Wildman–Crippen LogP) is 4.32. The lowest BCUT2D eigenvalue weighted by molar-refractivity contribution is -0.142. The summed E-state index contributed by atoms with van der Waals surface area (Å²) in [5.74, 6) is -0.579. The van der Waals surface area contributed by atoms with Gasteiger partial charge < -0.3 is 20.3 Å². The van der Waals surface area contributed by atoms with Crippen molar-refractivity contribution in [2.24, 2.45) is 0 Å². The van der Waals surface area contributed by atoms with E-state index in [1.165, 1.54) is 0 Å². The maximum atomic E-state index is 13.7. The molecule has 0 aromatic heterocycles. The first-order valence-electron chi connectivity index (χ1n) is 11.4. The topological polar surface area (TPSA) is 87.7 Å². The summed E-state index contributed by atoms with van der Waals surface area (Å²) in [5.41, 5.74) is 1.44. The van der Waals surface area contributed by atoms with Gasteiger partial charge in [0.1, 0.15) is 17.7 Å². The van der Waals surface area contributed by atoms with Gasteiger partial charge in [0.2, 0.25) is 11.8 Å². The van der Waals surface area contributed by atoms with Gasteiger partial charge in [-0.25, -0.2) is 4.79 Å². The van der Waals surface area contributed by atoms with Gasteiger partial charge in [0.15, 0.2) is 0 Å². The Morgan fingerprint density at radius 3 is 2.03 bits per heavy atom. The fourth-order valence-electron chi connectivity index (χ4n) is 3.57. The van der Waals surface area contributed by atoms with Gasteiger partial charge in [-0.1, -0.05) is 25.1 Å². The molecule has 2 N–H and O–H groups in total. The highest BCUT2D eigenvalue weighted by atomic mass is 32.1. The van der Waals surface area contributed by atoms with Gasteiger partial charge in [-0.2, -0.15) is 12.6 Å². The van der Waals surface area contributed by atoms with E-state index >= 15 is 0 Å². The number of ether oxygens (including phenoxy) is 1. The summed E-state index contributed by atoms with van der Waals surface area (Å²) in [6.07, 6.45) is -0.0593. The zero-order chi connectivity index (χ0) is 25.6. The van der Waals surface area contributed by atoms with Crippen molar-refractivity contribution in [1.82, 2.24) is 15.5 Å². The molecule has 1 aromatic rings. The van der Waals surface area contributed by atoms with E-state index in [1.807, 2.05) is 59.7 Å². The number of amides is 3. The molecule has 3 amide bonds. The van der Waals surface area contributed by atoms with Crippen LogP contribution < -0.4 is 10.6 Å². The van der Waals surface area contributed by atoms with Crippen LogP contribution in [-0.4, -0.2) is 52.3 Å². The molecule has 0 saturated heterocycles. The fraction of sp³-hybridized carbons (Fsp3) is 0.640. The van der Waals surface area contributed by atoms with Crippen molar-refractivity contribution >= 4 is 30.5 Å². The van der Waals surface area contributed by atoms with Gasteiger partial charge in [-0.15, -0.1) is 0 Å². The number of aryl methyl sites for hydroxylation is 2. The standard InChI is InChI=1S/C25H41N3O4S/c1-10-14-28(22(30)18(15-33)26-23(31)32-25(7,8)9)20(21(29)27-24(4,5)6)19-16(2)12-11-13-17(19)3/h11-13,18,20,33H,10,14-15H2,1-9H3,(H,26,31)(H,27,29). The number of hydrogen-bond acceptors (Lipinski definition) is 5. The largest absolute Gasteiger partial charge is 0.444 e. The highest BCUT2D eigenvalue weighted by molar-refractivity contribution is 7.80. The van der Waals surface area contributed by atoms with Gasteiger partial charge in [-0.05, 0) is 78.5 Å². The third-order valence-corrected chi connectivity index (χ3v) is 5.16. The van der Waals surface area contributed by atoms with Crippen molar-refractivity contribution < 1.29 is 19.1 Å². The van der Waals surface area contributed by atoms with E-state index < -0.39 is 29.3 Å². The van der Waals surface area contributed by atoms with Crippen LogP contribution in [0, 0.1) is 13.8 Å². The normalized spacial score (nSPS) is 13.6. The van der Waals surface area contributed by atoms with Crippen molar-refractivity contribution in [1.29, 1.82) is 0 Å². The molecule has 0 spiro atoms. The van der Waals surface area contributed by atoms with Gasteiger partial charge in [-0.3, -0.25) is 9.59 Å².